The van der Waals surface area contributed by atoms with Gasteiger partial charge in [0.1, 0.15) is 0 Å². The van der Waals surface area contributed by atoms with E-state index in [9.17, 15) is 0 Å². The first-order valence-corrected chi connectivity index (χ1v) is 6.88. The van der Waals surface area contributed by atoms with Gasteiger partial charge in [0.15, 0.2) is 6.29 Å². The molecular formula is C15H19N3O2. The first-order valence-electron chi connectivity index (χ1n) is 6.88. The Bertz CT molecular complexity index is 536. The van der Waals surface area contributed by atoms with E-state index in [-0.39, 0.29) is 12.3 Å². The van der Waals surface area contributed by atoms with Gasteiger partial charge in [0.25, 0.3) is 0 Å². The van der Waals surface area contributed by atoms with Crippen molar-refractivity contribution in [2.75, 3.05) is 19.8 Å². The first kappa shape index (κ1) is 13.3. The van der Waals surface area contributed by atoms with Crippen LogP contribution in [0.15, 0.2) is 43.0 Å². The number of imidazole rings is 1. The molecule has 5 heteroatoms. The molecule has 106 valence electrons. The van der Waals surface area contributed by atoms with E-state index in [2.05, 4.69) is 41.5 Å². The molecule has 0 spiro atoms. The summed E-state index contributed by atoms with van der Waals surface area (Å²) < 4.78 is 12.8. The molecule has 1 aromatic carbocycles. The minimum absolute atomic E-state index is 0.116. The highest BCUT2D eigenvalue weighted by molar-refractivity contribution is 5.36. The smallest absolute Gasteiger partial charge is 0.170 e. The Morgan fingerprint density at radius 1 is 1.40 bits per heavy atom. The Labute approximate surface area is 118 Å². The van der Waals surface area contributed by atoms with Crippen LogP contribution in [0.3, 0.4) is 0 Å². The highest BCUT2D eigenvalue weighted by Gasteiger charge is 2.16. The number of nitrogens with zero attached hydrogens (tertiary/aromatic N) is 2. The average Bonchev–Trinajstić information content (AvgIpc) is 3.18. The summed E-state index contributed by atoms with van der Waals surface area (Å²) in [7, 11) is 0. The molecule has 20 heavy (non-hydrogen) atoms. The van der Waals surface area contributed by atoms with E-state index in [0.29, 0.717) is 19.8 Å². The van der Waals surface area contributed by atoms with E-state index < -0.39 is 0 Å². The van der Waals surface area contributed by atoms with Gasteiger partial charge in [-0.25, -0.2) is 4.98 Å². The van der Waals surface area contributed by atoms with Gasteiger partial charge in [-0.2, -0.15) is 0 Å². The zero-order valence-electron chi connectivity index (χ0n) is 11.5. The van der Waals surface area contributed by atoms with Crippen molar-refractivity contribution in [1.29, 1.82) is 0 Å². The summed E-state index contributed by atoms with van der Waals surface area (Å²) in [5.74, 6) is 0. The SMILES string of the molecule is CC(NCC1OCCO1)c1cccc(-n2ccnc2)c1. The maximum Gasteiger partial charge on any atom is 0.170 e. The largest absolute Gasteiger partial charge is 0.349 e. The van der Waals surface area contributed by atoms with Gasteiger partial charge in [-0.15, -0.1) is 0 Å². The molecule has 3 rings (SSSR count). The number of benzene rings is 1. The van der Waals surface area contributed by atoms with Crippen molar-refractivity contribution in [3.05, 3.63) is 48.5 Å². The monoisotopic (exact) mass is 273 g/mol. The summed E-state index contributed by atoms with van der Waals surface area (Å²) in [6.45, 7) is 4.23. The molecule has 0 amide bonds. The lowest BCUT2D eigenvalue weighted by molar-refractivity contribution is -0.0403. The van der Waals surface area contributed by atoms with Crippen LogP contribution >= 0.6 is 0 Å². The molecule has 5 nitrogen and oxygen atoms in total. The van der Waals surface area contributed by atoms with Crippen molar-refractivity contribution in [2.24, 2.45) is 0 Å². The van der Waals surface area contributed by atoms with Crippen molar-refractivity contribution in [2.45, 2.75) is 19.3 Å². The summed E-state index contributed by atoms with van der Waals surface area (Å²) in [5.41, 5.74) is 2.34. The number of hydrogen-bond acceptors (Lipinski definition) is 4. The van der Waals surface area contributed by atoms with E-state index in [0.717, 1.165) is 5.69 Å². The van der Waals surface area contributed by atoms with Crippen LogP contribution < -0.4 is 5.32 Å². The minimum Gasteiger partial charge on any atom is -0.349 e. The molecule has 2 heterocycles. The average molecular weight is 273 g/mol. The molecule has 1 fully saturated rings. The highest BCUT2D eigenvalue weighted by Crippen LogP contribution is 2.17. The molecular weight excluding hydrogens is 254 g/mol. The molecule has 1 N–H and O–H groups in total. The van der Waals surface area contributed by atoms with Crippen LogP contribution in [0.5, 0.6) is 0 Å². The van der Waals surface area contributed by atoms with E-state index in [1.807, 2.05) is 10.8 Å². The lowest BCUT2D eigenvalue weighted by Gasteiger charge is -2.17. The van der Waals surface area contributed by atoms with Crippen LogP contribution in [0.25, 0.3) is 5.69 Å². The van der Waals surface area contributed by atoms with Crippen LogP contribution in [-0.4, -0.2) is 35.6 Å². The third kappa shape index (κ3) is 3.07. The van der Waals surface area contributed by atoms with Crippen LogP contribution in [0, 0.1) is 0 Å². The number of rotatable bonds is 5. The number of nitrogens with one attached hydrogen (secondary N) is 1. The van der Waals surface area contributed by atoms with Crippen molar-refractivity contribution >= 4 is 0 Å². The molecule has 0 bridgehead atoms. The fraction of sp³-hybridized carbons (Fsp3) is 0.400. The summed E-state index contributed by atoms with van der Waals surface area (Å²) >= 11 is 0. The molecule has 1 aliphatic rings. The molecule has 0 radical (unpaired) electrons. The quantitative estimate of drug-likeness (QED) is 0.904. The predicted octanol–water partition coefficient (Wildman–Crippen LogP) is 1.90. The normalized spacial score (nSPS) is 17.4. The number of hydrogen-bond donors (Lipinski definition) is 1. The topological polar surface area (TPSA) is 48.3 Å². The van der Waals surface area contributed by atoms with Crippen LogP contribution in [0.4, 0.5) is 0 Å². The van der Waals surface area contributed by atoms with Gasteiger partial charge in [-0.3, -0.25) is 0 Å². The van der Waals surface area contributed by atoms with Gasteiger partial charge < -0.3 is 19.4 Å². The third-order valence-corrected chi connectivity index (χ3v) is 3.45. The fourth-order valence-electron chi connectivity index (χ4n) is 2.28. The zero-order chi connectivity index (χ0) is 13.8. The summed E-state index contributed by atoms with van der Waals surface area (Å²) in [6, 6.07) is 8.66. The van der Waals surface area contributed by atoms with Crippen molar-refractivity contribution < 1.29 is 9.47 Å². The van der Waals surface area contributed by atoms with Gasteiger partial charge >= 0.3 is 0 Å². The molecule has 1 atom stereocenters. The van der Waals surface area contributed by atoms with E-state index >= 15 is 0 Å². The van der Waals surface area contributed by atoms with Crippen LogP contribution in [0.2, 0.25) is 0 Å². The van der Waals surface area contributed by atoms with Crippen LogP contribution in [0.1, 0.15) is 18.5 Å². The number of ether oxygens (including phenoxy) is 2. The second-order valence-electron chi connectivity index (χ2n) is 4.87. The lowest BCUT2D eigenvalue weighted by atomic mass is 10.1. The van der Waals surface area contributed by atoms with Gasteiger partial charge in [0.05, 0.1) is 19.5 Å². The predicted molar refractivity (Wildman–Crippen MR) is 75.7 cm³/mol. The minimum atomic E-state index is -0.116. The zero-order valence-corrected chi connectivity index (χ0v) is 11.5. The van der Waals surface area contributed by atoms with Crippen molar-refractivity contribution in [3.8, 4) is 5.69 Å². The Balaban J connectivity index is 1.65. The molecule has 1 saturated heterocycles. The molecule has 0 saturated carbocycles. The summed E-state index contributed by atoms with van der Waals surface area (Å²) in [5, 5.41) is 3.44. The van der Waals surface area contributed by atoms with E-state index in [1.54, 1.807) is 12.5 Å². The van der Waals surface area contributed by atoms with E-state index in [1.165, 1.54) is 5.56 Å². The van der Waals surface area contributed by atoms with Gasteiger partial charge in [-0.1, -0.05) is 12.1 Å². The first-order chi connectivity index (χ1) is 9.83. The van der Waals surface area contributed by atoms with Gasteiger partial charge in [0.2, 0.25) is 0 Å². The Morgan fingerprint density at radius 2 is 2.25 bits per heavy atom. The van der Waals surface area contributed by atoms with E-state index in [4.69, 9.17) is 9.47 Å². The Hall–Kier alpha value is -1.69. The second-order valence-corrected chi connectivity index (χ2v) is 4.87. The standard InChI is InChI=1S/C15H19N3O2/c1-12(17-10-15-19-7-8-20-15)13-3-2-4-14(9-13)18-6-5-16-11-18/h2-6,9,11-12,15,17H,7-8,10H2,1H3. The van der Waals surface area contributed by atoms with Crippen molar-refractivity contribution in [3.63, 3.8) is 0 Å². The fourth-order valence-corrected chi connectivity index (χ4v) is 2.28. The van der Waals surface area contributed by atoms with Gasteiger partial charge in [0, 0.05) is 30.7 Å². The highest BCUT2D eigenvalue weighted by atomic mass is 16.7. The van der Waals surface area contributed by atoms with Crippen molar-refractivity contribution in [1.82, 2.24) is 14.9 Å². The molecule has 1 unspecified atom stereocenters. The summed E-state index contributed by atoms with van der Waals surface area (Å²) in [4.78, 5) is 4.08. The molecule has 0 aliphatic carbocycles. The lowest BCUT2D eigenvalue weighted by Crippen LogP contribution is -2.29. The Morgan fingerprint density at radius 3 is 3.00 bits per heavy atom. The van der Waals surface area contributed by atoms with Gasteiger partial charge in [-0.05, 0) is 24.6 Å². The van der Waals surface area contributed by atoms with Crippen LogP contribution in [-0.2, 0) is 9.47 Å². The molecule has 1 aromatic heterocycles. The third-order valence-electron chi connectivity index (χ3n) is 3.45. The number of aromatic nitrogens is 2. The summed E-state index contributed by atoms with van der Waals surface area (Å²) in [6.07, 6.45) is 5.41. The Kier molecular flexibility index (Phi) is 4.11. The molecule has 1 aliphatic heterocycles. The maximum absolute atomic E-state index is 5.42. The molecule has 2 aromatic rings. The second kappa shape index (κ2) is 6.17. The maximum atomic E-state index is 5.42.